The second kappa shape index (κ2) is 8.71. The molecule has 1 saturated carbocycles. The van der Waals surface area contributed by atoms with Gasteiger partial charge >= 0.3 is 5.97 Å². The first-order chi connectivity index (χ1) is 14.9. The van der Waals surface area contributed by atoms with E-state index >= 15 is 0 Å². The number of fused-ring (bicyclic) bond motifs is 1. The largest absolute Gasteiger partial charge is 0.488 e. The first kappa shape index (κ1) is 21.4. The van der Waals surface area contributed by atoms with E-state index in [4.69, 9.17) is 9.47 Å². The molecule has 2 aromatic carbocycles. The Bertz CT molecular complexity index is 970. The van der Waals surface area contributed by atoms with E-state index in [-0.39, 0.29) is 17.9 Å². The van der Waals surface area contributed by atoms with E-state index < -0.39 is 12.1 Å². The van der Waals surface area contributed by atoms with Crippen LogP contribution in [0.25, 0.3) is 0 Å². The maximum absolute atomic E-state index is 13.1. The van der Waals surface area contributed by atoms with Crippen molar-refractivity contribution in [3.8, 4) is 5.75 Å². The fourth-order valence-electron chi connectivity index (χ4n) is 4.87. The van der Waals surface area contributed by atoms with Crippen LogP contribution in [0.4, 0.5) is 0 Å². The number of hydrogen-bond donors (Lipinski definition) is 1. The highest BCUT2D eigenvalue weighted by molar-refractivity contribution is 5.96. The van der Waals surface area contributed by atoms with E-state index in [1.807, 2.05) is 36.9 Å². The lowest BCUT2D eigenvalue weighted by Crippen LogP contribution is -2.42. The highest BCUT2D eigenvalue weighted by atomic mass is 16.5. The van der Waals surface area contributed by atoms with Crippen LogP contribution in [-0.2, 0) is 4.74 Å². The van der Waals surface area contributed by atoms with Gasteiger partial charge in [-0.2, -0.15) is 0 Å². The smallest absolute Gasteiger partial charge is 0.337 e. The minimum atomic E-state index is -0.585. The predicted octanol–water partition coefficient (Wildman–Crippen LogP) is 3.38. The number of likely N-dealkylation sites (tertiary alicyclic amines) is 1. The average Bonchev–Trinajstić information content (AvgIpc) is 3.16. The Kier molecular flexibility index (Phi) is 6.01. The zero-order valence-corrected chi connectivity index (χ0v) is 18.2. The van der Waals surface area contributed by atoms with Gasteiger partial charge in [-0.05, 0) is 74.4 Å². The molecule has 2 aromatic rings. The summed E-state index contributed by atoms with van der Waals surface area (Å²) >= 11 is 0. The number of aliphatic hydroxyl groups is 1. The Morgan fingerprint density at radius 2 is 1.68 bits per heavy atom. The zero-order valence-electron chi connectivity index (χ0n) is 18.2. The molecule has 2 fully saturated rings. The second-order valence-corrected chi connectivity index (χ2v) is 8.76. The van der Waals surface area contributed by atoms with Crippen molar-refractivity contribution < 1.29 is 24.2 Å². The van der Waals surface area contributed by atoms with Gasteiger partial charge in [-0.15, -0.1) is 0 Å². The van der Waals surface area contributed by atoms with Crippen LogP contribution in [0.3, 0.4) is 0 Å². The molecule has 1 heterocycles. The number of benzene rings is 2. The fraction of sp³-hybridized carbons (Fsp3) is 0.440. The van der Waals surface area contributed by atoms with E-state index in [2.05, 4.69) is 0 Å². The van der Waals surface area contributed by atoms with Crippen molar-refractivity contribution >= 4 is 11.9 Å². The number of rotatable bonds is 4. The topological polar surface area (TPSA) is 76.1 Å². The quantitative estimate of drug-likeness (QED) is 0.763. The average molecular weight is 424 g/mol. The number of ether oxygens (including phenoxy) is 2. The van der Waals surface area contributed by atoms with Gasteiger partial charge in [0.25, 0.3) is 5.91 Å². The lowest BCUT2D eigenvalue weighted by atomic mass is 9.78. The van der Waals surface area contributed by atoms with Crippen LogP contribution < -0.4 is 4.74 Å². The first-order valence-electron chi connectivity index (χ1n) is 10.8. The molecule has 1 N–H and O–H groups in total. The summed E-state index contributed by atoms with van der Waals surface area (Å²) < 4.78 is 10.8. The van der Waals surface area contributed by atoms with E-state index in [9.17, 15) is 14.7 Å². The molecule has 0 unspecified atom stereocenters. The molecular formula is C25H29NO5. The highest BCUT2D eigenvalue weighted by Gasteiger charge is 2.44. The van der Waals surface area contributed by atoms with Crippen LogP contribution in [0, 0.1) is 25.7 Å². The highest BCUT2D eigenvalue weighted by Crippen LogP contribution is 2.38. The summed E-state index contributed by atoms with van der Waals surface area (Å²) in [6.07, 6.45) is 0.395. The van der Waals surface area contributed by atoms with Gasteiger partial charge in [-0.25, -0.2) is 4.79 Å². The molecule has 6 nitrogen and oxygen atoms in total. The van der Waals surface area contributed by atoms with Gasteiger partial charge in [0, 0.05) is 18.7 Å². The Morgan fingerprint density at radius 3 is 2.32 bits per heavy atom. The summed E-state index contributed by atoms with van der Waals surface area (Å²) in [5, 5.41) is 10.7. The zero-order chi connectivity index (χ0) is 22.1. The fourth-order valence-corrected chi connectivity index (χ4v) is 4.87. The van der Waals surface area contributed by atoms with Crippen molar-refractivity contribution in [1.29, 1.82) is 0 Å². The molecule has 6 heteroatoms. The van der Waals surface area contributed by atoms with Crippen LogP contribution >= 0.6 is 0 Å². The summed E-state index contributed by atoms with van der Waals surface area (Å²) in [5.41, 5.74) is 3.35. The van der Waals surface area contributed by atoms with Gasteiger partial charge in [-0.1, -0.05) is 17.7 Å². The predicted molar refractivity (Wildman–Crippen MR) is 116 cm³/mol. The van der Waals surface area contributed by atoms with Crippen LogP contribution in [-0.4, -0.2) is 54.3 Å². The molecule has 1 aliphatic heterocycles. The number of hydrogen-bond acceptors (Lipinski definition) is 5. The van der Waals surface area contributed by atoms with Crippen LogP contribution in [0.15, 0.2) is 42.5 Å². The van der Waals surface area contributed by atoms with Crippen molar-refractivity contribution in [1.82, 2.24) is 4.90 Å². The van der Waals surface area contributed by atoms with E-state index in [1.165, 1.54) is 7.11 Å². The second-order valence-electron chi connectivity index (χ2n) is 8.76. The monoisotopic (exact) mass is 423 g/mol. The molecule has 1 aliphatic carbocycles. The van der Waals surface area contributed by atoms with Gasteiger partial charge in [0.1, 0.15) is 11.9 Å². The lowest BCUT2D eigenvalue weighted by Gasteiger charge is -2.35. The standard InChI is InChI=1S/C25H29NO5/c1-15-4-9-21(16(2)10-15)24(28)26-13-18-11-22(27)23(12-19(18)14-26)31-20-7-5-17(6-8-20)25(29)30-3/h4-10,18-19,22-23,27H,11-14H2,1-3H3/t18-,19+,22-,23-/m0/s1. The molecule has 1 amide bonds. The third kappa shape index (κ3) is 4.44. The molecule has 0 radical (unpaired) electrons. The summed E-state index contributed by atoms with van der Waals surface area (Å²) in [4.78, 5) is 26.6. The molecule has 31 heavy (non-hydrogen) atoms. The van der Waals surface area contributed by atoms with E-state index in [1.54, 1.807) is 24.3 Å². The number of esters is 1. The summed E-state index contributed by atoms with van der Waals surface area (Å²) in [6.45, 7) is 5.36. The number of nitrogens with zero attached hydrogens (tertiary/aromatic N) is 1. The van der Waals surface area contributed by atoms with Crippen LogP contribution in [0.1, 0.15) is 44.7 Å². The molecule has 2 aliphatic rings. The van der Waals surface area contributed by atoms with Crippen molar-refractivity contribution in [2.45, 2.75) is 38.9 Å². The lowest BCUT2D eigenvalue weighted by molar-refractivity contribution is -0.0231. The van der Waals surface area contributed by atoms with Crippen molar-refractivity contribution in [3.63, 3.8) is 0 Å². The third-order valence-corrected chi connectivity index (χ3v) is 6.55. The van der Waals surface area contributed by atoms with E-state index in [0.717, 1.165) is 16.7 Å². The normalized spacial score (nSPS) is 25.1. The molecule has 0 bridgehead atoms. The summed E-state index contributed by atoms with van der Waals surface area (Å²) in [7, 11) is 1.34. The SMILES string of the molecule is COC(=O)c1ccc(O[C@H]2C[C@@H]3CN(C(=O)c4ccc(C)cc4C)C[C@@H]3C[C@@H]2O)cc1. The van der Waals surface area contributed by atoms with Crippen molar-refractivity contribution in [2.75, 3.05) is 20.2 Å². The number of carbonyl (C=O) groups excluding carboxylic acids is 2. The van der Waals surface area contributed by atoms with Crippen LogP contribution in [0.2, 0.25) is 0 Å². The first-order valence-corrected chi connectivity index (χ1v) is 10.8. The maximum Gasteiger partial charge on any atom is 0.337 e. The molecule has 4 atom stereocenters. The van der Waals surface area contributed by atoms with Gasteiger partial charge in [0.2, 0.25) is 0 Å². The van der Waals surface area contributed by atoms with Crippen LogP contribution in [0.5, 0.6) is 5.75 Å². The molecule has 0 spiro atoms. The number of methoxy groups -OCH3 is 1. The van der Waals surface area contributed by atoms with Gasteiger partial charge in [0.15, 0.2) is 0 Å². The minimum Gasteiger partial charge on any atom is -0.488 e. The molecule has 1 saturated heterocycles. The van der Waals surface area contributed by atoms with Gasteiger partial charge in [0.05, 0.1) is 18.8 Å². The molecule has 4 rings (SSSR count). The Labute approximate surface area is 182 Å². The molecular weight excluding hydrogens is 394 g/mol. The van der Waals surface area contributed by atoms with Gasteiger partial charge in [-0.3, -0.25) is 4.79 Å². The van der Waals surface area contributed by atoms with Crippen molar-refractivity contribution in [2.24, 2.45) is 11.8 Å². The number of carbonyl (C=O) groups is 2. The number of aliphatic hydroxyl groups excluding tert-OH is 1. The molecule has 164 valence electrons. The third-order valence-electron chi connectivity index (χ3n) is 6.55. The van der Waals surface area contributed by atoms with Crippen molar-refractivity contribution in [3.05, 3.63) is 64.7 Å². The number of aryl methyl sites for hydroxylation is 2. The Morgan fingerprint density at radius 1 is 1.00 bits per heavy atom. The Balaban J connectivity index is 1.41. The molecule has 0 aromatic heterocycles. The van der Waals surface area contributed by atoms with E-state index in [0.29, 0.717) is 43.2 Å². The number of amides is 1. The van der Waals surface area contributed by atoms with Gasteiger partial charge < -0.3 is 19.5 Å². The Hall–Kier alpha value is -2.86. The maximum atomic E-state index is 13.1. The summed E-state index contributed by atoms with van der Waals surface area (Å²) in [5.74, 6) is 0.865. The summed E-state index contributed by atoms with van der Waals surface area (Å²) in [6, 6.07) is 12.7. The minimum absolute atomic E-state index is 0.0669.